The third-order valence-corrected chi connectivity index (χ3v) is 6.88. The van der Waals surface area contributed by atoms with Crippen LogP contribution in [0.5, 0.6) is 17.2 Å². The zero-order valence-corrected chi connectivity index (χ0v) is 20.6. The second-order valence-corrected chi connectivity index (χ2v) is 9.05. The molecule has 1 aliphatic rings. The van der Waals surface area contributed by atoms with Crippen molar-refractivity contribution >= 4 is 23.4 Å². The number of amides is 1. The van der Waals surface area contributed by atoms with E-state index < -0.39 is 0 Å². The SMILES string of the molecule is COc1cccc(NC(=O)CSc2nnc(-c3ccc(OC)c(OC)c3)n2C2CCCCC2)c1. The van der Waals surface area contributed by atoms with Gasteiger partial charge in [-0.1, -0.05) is 37.1 Å². The first-order valence-corrected chi connectivity index (χ1v) is 12.4. The van der Waals surface area contributed by atoms with Crippen molar-refractivity contribution in [1.29, 1.82) is 0 Å². The second kappa shape index (κ2) is 11.3. The highest BCUT2D eigenvalue weighted by Gasteiger charge is 2.25. The van der Waals surface area contributed by atoms with Crippen LogP contribution in [-0.2, 0) is 4.79 Å². The highest BCUT2D eigenvalue weighted by Crippen LogP contribution is 2.38. The van der Waals surface area contributed by atoms with Crippen LogP contribution in [0, 0.1) is 0 Å². The lowest BCUT2D eigenvalue weighted by molar-refractivity contribution is -0.113. The molecule has 0 bridgehead atoms. The minimum atomic E-state index is -0.107. The van der Waals surface area contributed by atoms with E-state index in [0.29, 0.717) is 29.0 Å². The Labute approximate surface area is 204 Å². The minimum Gasteiger partial charge on any atom is -0.497 e. The lowest BCUT2D eigenvalue weighted by Crippen LogP contribution is -2.17. The summed E-state index contributed by atoms with van der Waals surface area (Å²) in [6.07, 6.45) is 5.74. The summed E-state index contributed by atoms with van der Waals surface area (Å²) >= 11 is 1.40. The molecule has 1 saturated carbocycles. The van der Waals surface area contributed by atoms with Gasteiger partial charge in [0.1, 0.15) is 5.75 Å². The van der Waals surface area contributed by atoms with E-state index in [0.717, 1.165) is 29.4 Å². The van der Waals surface area contributed by atoms with Gasteiger partial charge in [-0.05, 0) is 43.2 Å². The largest absolute Gasteiger partial charge is 0.497 e. The number of aromatic nitrogens is 3. The van der Waals surface area contributed by atoms with E-state index in [-0.39, 0.29) is 11.7 Å². The van der Waals surface area contributed by atoms with Crippen molar-refractivity contribution in [1.82, 2.24) is 14.8 Å². The van der Waals surface area contributed by atoms with E-state index in [1.807, 2.05) is 36.4 Å². The summed E-state index contributed by atoms with van der Waals surface area (Å²) in [4.78, 5) is 12.6. The third-order valence-electron chi connectivity index (χ3n) is 5.93. The summed E-state index contributed by atoms with van der Waals surface area (Å²) in [5, 5.41) is 12.7. The number of benzene rings is 2. The monoisotopic (exact) mass is 482 g/mol. The number of nitrogens with one attached hydrogen (secondary N) is 1. The fourth-order valence-corrected chi connectivity index (χ4v) is 5.05. The van der Waals surface area contributed by atoms with E-state index in [4.69, 9.17) is 14.2 Å². The molecule has 2 aromatic carbocycles. The van der Waals surface area contributed by atoms with Crippen LogP contribution in [0.4, 0.5) is 5.69 Å². The van der Waals surface area contributed by atoms with Crippen molar-refractivity contribution in [3.63, 3.8) is 0 Å². The Morgan fingerprint density at radius 3 is 2.53 bits per heavy atom. The first-order valence-electron chi connectivity index (χ1n) is 11.4. The number of anilines is 1. The molecule has 8 nitrogen and oxygen atoms in total. The van der Waals surface area contributed by atoms with Crippen LogP contribution in [0.25, 0.3) is 11.4 Å². The van der Waals surface area contributed by atoms with E-state index >= 15 is 0 Å². The minimum absolute atomic E-state index is 0.107. The van der Waals surface area contributed by atoms with Crippen molar-refractivity contribution in [2.45, 2.75) is 43.3 Å². The molecule has 9 heteroatoms. The van der Waals surface area contributed by atoms with Crippen molar-refractivity contribution in [2.24, 2.45) is 0 Å². The molecule has 0 radical (unpaired) electrons. The van der Waals surface area contributed by atoms with Crippen molar-refractivity contribution < 1.29 is 19.0 Å². The fourth-order valence-electron chi connectivity index (χ4n) is 4.24. The molecular formula is C25H30N4O4S. The number of carbonyl (C=O) groups is 1. The van der Waals surface area contributed by atoms with Crippen LogP contribution in [0.1, 0.15) is 38.1 Å². The molecule has 0 spiro atoms. The molecule has 0 saturated heterocycles. The van der Waals surface area contributed by atoms with Gasteiger partial charge in [-0.15, -0.1) is 10.2 Å². The molecule has 1 heterocycles. The van der Waals surface area contributed by atoms with Crippen molar-refractivity contribution in [3.8, 4) is 28.6 Å². The Bertz CT molecular complexity index is 1130. The van der Waals surface area contributed by atoms with Gasteiger partial charge in [-0.2, -0.15) is 0 Å². The predicted octanol–water partition coefficient (Wildman–Crippen LogP) is 5.21. The lowest BCUT2D eigenvalue weighted by Gasteiger charge is -2.25. The van der Waals surface area contributed by atoms with Gasteiger partial charge in [-0.25, -0.2) is 0 Å². The van der Waals surface area contributed by atoms with Crippen LogP contribution in [0.15, 0.2) is 47.6 Å². The number of methoxy groups -OCH3 is 3. The molecule has 1 aliphatic carbocycles. The molecule has 0 aliphatic heterocycles. The Kier molecular flexibility index (Phi) is 7.95. The van der Waals surface area contributed by atoms with Crippen LogP contribution >= 0.6 is 11.8 Å². The molecule has 180 valence electrons. The lowest BCUT2D eigenvalue weighted by atomic mass is 9.95. The molecule has 3 aromatic rings. The van der Waals surface area contributed by atoms with Gasteiger partial charge in [0.2, 0.25) is 5.91 Å². The quantitative estimate of drug-likeness (QED) is 0.419. The predicted molar refractivity (Wildman–Crippen MR) is 133 cm³/mol. The summed E-state index contributed by atoms with van der Waals surface area (Å²) in [6, 6.07) is 13.4. The fraction of sp³-hybridized carbons (Fsp3) is 0.400. The van der Waals surface area contributed by atoms with Gasteiger partial charge in [0, 0.05) is 23.4 Å². The van der Waals surface area contributed by atoms with Crippen molar-refractivity contribution in [3.05, 3.63) is 42.5 Å². The van der Waals surface area contributed by atoms with Gasteiger partial charge in [0.25, 0.3) is 0 Å². The number of thioether (sulfide) groups is 1. The summed E-state index contributed by atoms with van der Waals surface area (Å²) in [7, 11) is 4.84. The molecule has 1 fully saturated rings. The van der Waals surface area contributed by atoms with E-state index in [2.05, 4.69) is 20.1 Å². The standard InChI is InChI=1S/C25H30N4O4S/c1-31-20-11-7-8-18(15-20)26-23(30)16-34-25-28-27-24(29(25)19-9-5-4-6-10-19)17-12-13-21(32-2)22(14-17)33-3/h7-8,11-15,19H,4-6,9-10,16H2,1-3H3,(H,26,30). The first-order chi connectivity index (χ1) is 16.6. The number of ether oxygens (including phenoxy) is 3. The van der Waals surface area contributed by atoms with E-state index in [1.54, 1.807) is 27.4 Å². The van der Waals surface area contributed by atoms with Gasteiger partial charge in [-0.3, -0.25) is 9.36 Å². The van der Waals surface area contributed by atoms with Crippen LogP contribution in [0.2, 0.25) is 0 Å². The number of hydrogen-bond acceptors (Lipinski definition) is 7. The average Bonchev–Trinajstić information content (AvgIpc) is 3.31. The first kappa shape index (κ1) is 23.9. The van der Waals surface area contributed by atoms with Crippen molar-refractivity contribution in [2.75, 3.05) is 32.4 Å². The summed E-state index contributed by atoms with van der Waals surface area (Å²) < 4.78 is 18.3. The van der Waals surface area contributed by atoms with E-state index in [9.17, 15) is 4.79 Å². The zero-order valence-electron chi connectivity index (χ0n) is 19.7. The molecule has 1 N–H and O–H groups in total. The maximum Gasteiger partial charge on any atom is 0.234 e. The summed E-state index contributed by atoms with van der Waals surface area (Å²) in [5.41, 5.74) is 1.60. The Morgan fingerprint density at radius 1 is 1.00 bits per heavy atom. The Hall–Kier alpha value is -3.20. The number of rotatable bonds is 9. The van der Waals surface area contributed by atoms with Crippen LogP contribution in [-0.4, -0.2) is 47.8 Å². The van der Waals surface area contributed by atoms with Gasteiger partial charge >= 0.3 is 0 Å². The Morgan fingerprint density at radius 2 is 1.79 bits per heavy atom. The third kappa shape index (κ3) is 5.47. The topological polar surface area (TPSA) is 87.5 Å². The normalized spacial score (nSPS) is 14.0. The highest BCUT2D eigenvalue weighted by atomic mass is 32.2. The molecule has 1 aromatic heterocycles. The molecule has 34 heavy (non-hydrogen) atoms. The van der Waals surface area contributed by atoms with Crippen LogP contribution in [0.3, 0.4) is 0 Å². The number of hydrogen-bond donors (Lipinski definition) is 1. The average molecular weight is 483 g/mol. The molecule has 1 amide bonds. The maximum atomic E-state index is 12.6. The number of carbonyl (C=O) groups excluding carboxylic acids is 1. The smallest absolute Gasteiger partial charge is 0.234 e. The second-order valence-electron chi connectivity index (χ2n) is 8.11. The highest BCUT2D eigenvalue weighted by molar-refractivity contribution is 7.99. The molecule has 0 atom stereocenters. The molecule has 0 unspecified atom stereocenters. The maximum absolute atomic E-state index is 12.6. The van der Waals surface area contributed by atoms with Crippen LogP contribution < -0.4 is 19.5 Å². The molecular weight excluding hydrogens is 452 g/mol. The summed E-state index contributed by atoms with van der Waals surface area (Å²) in [6.45, 7) is 0. The molecule has 4 rings (SSSR count). The zero-order chi connectivity index (χ0) is 23.9. The Balaban J connectivity index is 1.56. The van der Waals surface area contributed by atoms with E-state index in [1.165, 1.54) is 31.0 Å². The summed E-state index contributed by atoms with van der Waals surface area (Å²) in [5.74, 6) is 2.91. The van der Waals surface area contributed by atoms with Gasteiger partial charge < -0.3 is 19.5 Å². The van der Waals surface area contributed by atoms with Gasteiger partial charge in [0.15, 0.2) is 22.5 Å². The van der Waals surface area contributed by atoms with Gasteiger partial charge in [0.05, 0.1) is 27.1 Å². The number of nitrogens with zero attached hydrogens (tertiary/aromatic N) is 3.